The summed E-state index contributed by atoms with van der Waals surface area (Å²) in [7, 11) is 0. The van der Waals surface area contributed by atoms with Crippen molar-refractivity contribution in [1.29, 1.82) is 0 Å². The van der Waals surface area contributed by atoms with Gasteiger partial charge in [0.1, 0.15) is 12.4 Å². The molecule has 34 heavy (non-hydrogen) atoms. The first-order chi connectivity index (χ1) is 16.3. The van der Waals surface area contributed by atoms with Crippen LogP contribution in [0.1, 0.15) is 29.5 Å². The lowest BCUT2D eigenvalue weighted by atomic mass is 9.78. The van der Waals surface area contributed by atoms with E-state index in [2.05, 4.69) is 10.6 Å². The van der Waals surface area contributed by atoms with E-state index in [1.807, 2.05) is 19.1 Å². The second-order valence-electron chi connectivity index (χ2n) is 8.59. The number of para-hydroxylation sites is 1. The van der Waals surface area contributed by atoms with Crippen molar-refractivity contribution in [2.24, 2.45) is 0 Å². The molecule has 1 fully saturated rings. The summed E-state index contributed by atoms with van der Waals surface area (Å²) >= 11 is 12.1. The highest BCUT2D eigenvalue weighted by Crippen LogP contribution is 2.49. The summed E-state index contributed by atoms with van der Waals surface area (Å²) in [5.74, 6) is -0.319. The Balaban J connectivity index is 1.42. The van der Waals surface area contributed by atoms with Crippen molar-refractivity contribution >= 4 is 34.8 Å². The van der Waals surface area contributed by atoms with E-state index in [4.69, 9.17) is 27.9 Å². The smallest absolute Gasteiger partial charge is 0.256 e. The molecule has 1 amide bonds. The third-order valence-electron chi connectivity index (χ3n) is 6.64. The van der Waals surface area contributed by atoms with E-state index >= 15 is 0 Å². The highest BCUT2D eigenvalue weighted by atomic mass is 35.5. The maximum atomic E-state index is 13.1. The monoisotopic (exact) mass is 497 g/mol. The van der Waals surface area contributed by atoms with Crippen LogP contribution >= 0.6 is 23.2 Å². The van der Waals surface area contributed by atoms with Gasteiger partial charge in [0.05, 0.1) is 5.92 Å². The fraction of sp³-hybridized carbons (Fsp3) is 0.240. The van der Waals surface area contributed by atoms with Crippen molar-refractivity contribution in [1.82, 2.24) is 5.32 Å². The molecule has 0 radical (unpaired) electrons. The minimum atomic E-state index is -1.43. The van der Waals surface area contributed by atoms with Gasteiger partial charge in [-0.25, -0.2) is 0 Å². The average molecular weight is 498 g/mol. The Hall–Kier alpha value is -3.13. The number of hydrogen-bond donors (Lipinski definition) is 2. The molecule has 1 saturated heterocycles. The predicted molar refractivity (Wildman–Crippen MR) is 130 cm³/mol. The van der Waals surface area contributed by atoms with Gasteiger partial charge in [0.25, 0.3) is 11.9 Å². The number of nitrogens with one attached hydrogen (secondary N) is 2. The molecule has 2 aliphatic heterocycles. The summed E-state index contributed by atoms with van der Waals surface area (Å²) in [5, 5.41) is 19.5. The van der Waals surface area contributed by atoms with Crippen LogP contribution in [0.15, 0.2) is 66.7 Å². The van der Waals surface area contributed by atoms with Gasteiger partial charge in [-0.1, -0.05) is 59.6 Å². The normalized spacial score (nSPS) is 25.3. The van der Waals surface area contributed by atoms with Crippen LogP contribution in [-0.4, -0.2) is 22.9 Å². The SMILES string of the molecule is C[C@@H]1N[C@]2(C(=O)Nc3ccccc32)[C@H]([N+](=O)[O-])[C@H]1c1ccc(OCc2ccc(Cl)cc2Cl)cc1. The van der Waals surface area contributed by atoms with Gasteiger partial charge in [-0.3, -0.25) is 20.2 Å². The zero-order chi connectivity index (χ0) is 24.0. The summed E-state index contributed by atoms with van der Waals surface area (Å²) in [6.45, 7) is 2.13. The zero-order valence-corrected chi connectivity index (χ0v) is 19.6. The van der Waals surface area contributed by atoms with Crippen molar-refractivity contribution in [2.75, 3.05) is 5.32 Å². The first-order valence-electron chi connectivity index (χ1n) is 10.8. The van der Waals surface area contributed by atoms with Gasteiger partial charge in [-0.15, -0.1) is 0 Å². The Labute approximate surface area is 206 Å². The molecule has 0 bridgehead atoms. The topological polar surface area (TPSA) is 93.5 Å². The second-order valence-corrected chi connectivity index (χ2v) is 9.43. The van der Waals surface area contributed by atoms with Crippen LogP contribution in [0.25, 0.3) is 0 Å². The van der Waals surface area contributed by atoms with Crippen LogP contribution in [0.3, 0.4) is 0 Å². The Kier molecular flexibility index (Phi) is 5.72. The number of anilines is 1. The number of nitrogens with zero attached hydrogens (tertiary/aromatic N) is 1. The first-order valence-corrected chi connectivity index (χ1v) is 11.6. The molecule has 0 aromatic heterocycles. The van der Waals surface area contributed by atoms with E-state index in [9.17, 15) is 14.9 Å². The van der Waals surface area contributed by atoms with Gasteiger partial charge >= 0.3 is 0 Å². The zero-order valence-electron chi connectivity index (χ0n) is 18.1. The van der Waals surface area contributed by atoms with E-state index < -0.39 is 23.4 Å². The molecule has 9 heteroatoms. The van der Waals surface area contributed by atoms with Crippen LogP contribution in [0.4, 0.5) is 5.69 Å². The molecule has 3 aromatic rings. The Bertz CT molecular complexity index is 1280. The molecule has 1 spiro atoms. The number of fused-ring (bicyclic) bond motifs is 2. The number of carbonyl (C=O) groups excluding carboxylic acids is 1. The minimum absolute atomic E-state index is 0.258. The summed E-state index contributed by atoms with van der Waals surface area (Å²) in [6.07, 6.45) is 0. The highest BCUT2D eigenvalue weighted by Gasteiger charge is 2.67. The second kappa shape index (κ2) is 8.58. The number of nitro groups is 1. The van der Waals surface area contributed by atoms with Gasteiger partial charge < -0.3 is 10.1 Å². The number of ether oxygens (including phenoxy) is 1. The third kappa shape index (κ3) is 3.60. The maximum Gasteiger partial charge on any atom is 0.256 e. The van der Waals surface area contributed by atoms with Crippen molar-refractivity contribution in [3.63, 3.8) is 0 Å². The molecule has 2 N–H and O–H groups in total. The van der Waals surface area contributed by atoms with Gasteiger partial charge in [-0.05, 0) is 42.8 Å². The van der Waals surface area contributed by atoms with Gasteiger partial charge in [0, 0.05) is 37.8 Å². The van der Waals surface area contributed by atoms with Crippen LogP contribution in [0.2, 0.25) is 10.0 Å². The standard InChI is InChI=1S/C25H21Cl2N3O4/c1-14-22(15-7-10-18(11-8-15)34-13-16-6-9-17(26)12-20(16)27)23(30(32)33)25(29-14)19-4-2-3-5-21(19)28-24(25)31/h2-12,14,22-23,29H,13H2,1H3,(H,28,31)/t14-,22+,23+,25-/m0/s1. The van der Waals surface area contributed by atoms with E-state index in [0.717, 1.165) is 11.1 Å². The Morgan fingerprint density at radius 2 is 1.82 bits per heavy atom. The molecule has 0 saturated carbocycles. The number of carbonyl (C=O) groups is 1. The van der Waals surface area contributed by atoms with Gasteiger partial charge in [0.15, 0.2) is 5.54 Å². The van der Waals surface area contributed by atoms with Crippen molar-refractivity contribution < 1.29 is 14.5 Å². The molecular formula is C25H21Cl2N3O4. The largest absolute Gasteiger partial charge is 0.489 e. The average Bonchev–Trinajstić information content (AvgIpc) is 3.27. The lowest BCUT2D eigenvalue weighted by Crippen LogP contribution is -2.54. The summed E-state index contributed by atoms with van der Waals surface area (Å²) in [5.41, 5.74) is 1.34. The lowest BCUT2D eigenvalue weighted by Gasteiger charge is -2.25. The third-order valence-corrected chi connectivity index (χ3v) is 7.22. The first kappa shape index (κ1) is 22.7. The number of hydrogen-bond acceptors (Lipinski definition) is 5. The summed E-state index contributed by atoms with van der Waals surface area (Å²) in [4.78, 5) is 25.1. The van der Waals surface area contributed by atoms with Gasteiger partial charge in [-0.2, -0.15) is 0 Å². The lowest BCUT2D eigenvalue weighted by molar-refractivity contribution is -0.532. The van der Waals surface area contributed by atoms with E-state index in [0.29, 0.717) is 27.0 Å². The van der Waals surface area contributed by atoms with Gasteiger partial charge in [0.2, 0.25) is 0 Å². The van der Waals surface area contributed by atoms with Crippen LogP contribution in [0, 0.1) is 10.1 Å². The van der Waals surface area contributed by atoms with E-state index in [1.54, 1.807) is 54.6 Å². The fourth-order valence-electron chi connectivity index (χ4n) is 5.14. The molecule has 4 atom stereocenters. The molecule has 174 valence electrons. The number of halogens is 2. The molecule has 7 nitrogen and oxygen atoms in total. The van der Waals surface area contributed by atoms with E-state index in [1.165, 1.54) is 0 Å². The molecule has 3 aromatic carbocycles. The quantitative estimate of drug-likeness (QED) is 0.375. The maximum absolute atomic E-state index is 13.1. The van der Waals surface area contributed by atoms with Crippen LogP contribution in [0.5, 0.6) is 5.75 Å². The summed E-state index contributed by atoms with van der Waals surface area (Å²) < 4.78 is 5.85. The van der Waals surface area contributed by atoms with Crippen molar-refractivity contribution in [3.8, 4) is 5.75 Å². The van der Waals surface area contributed by atoms with Crippen molar-refractivity contribution in [3.05, 3.63) is 104 Å². The molecule has 2 aliphatic rings. The Morgan fingerprint density at radius 1 is 1.09 bits per heavy atom. The minimum Gasteiger partial charge on any atom is -0.489 e. The number of benzene rings is 3. The molecule has 5 rings (SSSR count). The van der Waals surface area contributed by atoms with Crippen molar-refractivity contribution in [2.45, 2.75) is 37.1 Å². The Morgan fingerprint density at radius 3 is 2.53 bits per heavy atom. The fourth-order valence-corrected chi connectivity index (χ4v) is 5.60. The molecular weight excluding hydrogens is 477 g/mol. The predicted octanol–water partition coefficient (Wildman–Crippen LogP) is 5.14. The van der Waals surface area contributed by atoms with E-state index in [-0.39, 0.29) is 17.6 Å². The molecule has 0 aliphatic carbocycles. The number of rotatable bonds is 5. The molecule has 2 heterocycles. The highest BCUT2D eigenvalue weighted by molar-refractivity contribution is 6.35. The molecule has 0 unspecified atom stereocenters. The number of amides is 1. The van der Waals surface area contributed by atoms with Crippen LogP contribution in [-0.2, 0) is 16.9 Å². The summed E-state index contributed by atoms with van der Waals surface area (Å²) in [6, 6.07) is 18.0. The van der Waals surface area contributed by atoms with Crippen LogP contribution < -0.4 is 15.4 Å².